The molecule has 0 amide bonds. The lowest BCUT2D eigenvalue weighted by Crippen LogP contribution is -2.28. The van der Waals surface area contributed by atoms with Crippen LogP contribution in [0.15, 0.2) is 48.8 Å². The van der Waals surface area contributed by atoms with Gasteiger partial charge in [-0.2, -0.15) is 0 Å². The fourth-order valence-corrected chi connectivity index (χ4v) is 2.78. The first kappa shape index (κ1) is 13.9. The molecule has 0 bridgehead atoms. The first-order valence-electron chi connectivity index (χ1n) is 7.54. The van der Waals surface area contributed by atoms with Gasteiger partial charge in [-0.15, -0.1) is 0 Å². The van der Waals surface area contributed by atoms with Gasteiger partial charge in [0.2, 0.25) is 0 Å². The third-order valence-electron chi connectivity index (χ3n) is 3.88. The maximum absolute atomic E-state index is 13.2. The zero-order chi connectivity index (χ0) is 15.6. The zero-order valence-electron chi connectivity index (χ0n) is 12.5. The van der Waals surface area contributed by atoms with Crippen LogP contribution in [-0.2, 0) is 13.1 Å². The van der Waals surface area contributed by atoms with Crippen LogP contribution in [0, 0.1) is 5.82 Å². The van der Waals surface area contributed by atoms with Crippen molar-refractivity contribution in [3.63, 3.8) is 0 Å². The molecule has 5 nitrogen and oxygen atoms in total. The van der Waals surface area contributed by atoms with Crippen molar-refractivity contribution in [2.45, 2.75) is 13.1 Å². The molecular formula is C17H16FN5. The van der Waals surface area contributed by atoms with E-state index in [0.717, 1.165) is 48.2 Å². The second kappa shape index (κ2) is 5.81. The predicted octanol–water partition coefficient (Wildman–Crippen LogP) is 2.93. The molecule has 0 atom stereocenters. The van der Waals surface area contributed by atoms with Crippen LogP contribution in [0.4, 0.5) is 15.9 Å². The summed E-state index contributed by atoms with van der Waals surface area (Å²) in [4.78, 5) is 8.88. The Morgan fingerprint density at radius 3 is 2.83 bits per heavy atom. The van der Waals surface area contributed by atoms with Crippen LogP contribution in [0.5, 0.6) is 0 Å². The van der Waals surface area contributed by atoms with E-state index in [-0.39, 0.29) is 5.82 Å². The van der Waals surface area contributed by atoms with Gasteiger partial charge in [0, 0.05) is 24.8 Å². The number of imidazole rings is 1. The van der Waals surface area contributed by atoms with Crippen molar-refractivity contribution in [3.05, 3.63) is 60.4 Å². The van der Waals surface area contributed by atoms with E-state index in [1.807, 2.05) is 12.1 Å². The minimum atomic E-state index is -0.249. The van der Waals surface area contributed by atoms with Crippen LogP contribution >= 0.6 is 0 Å². The van der Waals surface area contributed by atoms with Crippen LogP contribution in [0.2, 0.25) is 0 Å². The van der Waals surface area contributed by atoms with Gasteiger partial charge in [-0.3, -0.25) is 4.98 Å². The molecule has 0 aliphatic carbocycles. The molecule has 0 saturated heterocycles. The van der Waals surface area contributed by atoms with Gasteiger partial charge in [0.05, 0.1) is 18.4 Å². The van der Waals surface area contributed by atoms with Crippen LogP contribution < -0.4 is 10.6 Å². The van der Waals surface area contributed by atoms with Crippen LogP contribution in [0.25, 0.3) is 11.3 Å². The van der Waals surface area contributed by atoms with Crippen molar-refractivity contribution in [1.82, 2.24) is 19.9 Å². The number of rotatable bonds is 3. The number of nitrogens with zero attached hydrogens (tertiary/aromatic N) is 3. The largest absolute Gasteiger partial charge is 0.339 e. The van der Waals surface area contributed by atoms with E-state index in [9.17, 15) is 4.39 Å². The van der Waals surface area contributed by atoms with Crippen molar-refractivity contribution < 1.29 is 4.39 Å². The Morgan fingerprint density at radius 1 is 1.17 bits per heavy atom. The molecule has 0 spiro atoms. The molecular weight excluding hydrogens is 293 g/mol. The molecule has 3 heterocycles. The highest BCUT2D eigenvalue weighted by Gasteiger charge is 2.20. The number of hydrogen-bond donors (Lipinski definition) is 2. The summed E-state index contributed by atoms with van der Waals surface area (Å²) in [5, 5.41) is 6.73. The standard InChI is InChI=1S/C17H16FN5/c18-13-5-3-12(4-6-13)16-17(21-14-2-1-7-19-10-14)23-9-8-20-11-15(23)22-16/h1-7,10,20-21H,8-9,11H2. The van der Waals surface area contributed by atoms with Crippen molar-refractivity contribution in [1.29, 1.82) is 0 Å². The number of pyridine rings is 1. The summed E-state index contributed by atoms with van der Waals surface area (Å²) >= 11 is 0. The molecule has 3 aromatic rings. The van der Waals surface area contributed by atoms with E-state index in [4.69, 9.17) is 4.98 Å². The Morgan fingerprint density at radius 2 is 2.04 bits per heavy atom. The third-order valence-corrected chi connectivity index (χ3v) is 3.88. The van der Waals surface area contributed by atoms with E-state index in [1.165, 1.54) is 12.1 Å². The molecule has 0 saturated carbocycles. The van der Waals surface area contributed by atoms with Gasteiger partial charge in [0.1, 0.15) is 23.2 Å². The zero-order valence-corrected chi connectivity index (χ0v) is 12.5. The Hall–Kier alpha value is -2.73. The Balaban J connectivity index is 1.81. The van der Waals surface area contributed by atoms with E-state index in [0.29, 0.717) is 0 Å². The van der Waals surface area contributed by atoms with Crippen molar-refractivity contribution in [2.24, 2.45) is 0 Å². The lowest BCUT2D eigenvalue weighted by molar-refractivity contribution is 0.509. The second-order valence-electron chi connectivity index (χ2n) is 5.43. The summed E-state index contributed by atoms with van der Waals surface area (Å²) in [6.07, 6.45) is 3.51. The molecule has 0 unspecified atom stereocenters. The number of hydrogen-bond acceptors (Lipinski definition) is 4. The summed E-state index contributed by atoms with van der Waals surface area (Å²) in [7, 11) is 0. The molecule has 0 fully saturated rings. The van der Waals surface area contributed by atoms with Crippen molar-refractivity contribution >= 4 is 11.5 Å². The van der Waals surface area contributed by atoms with E-state index < -0.39 is 0 Å². The summed E-state index contributed by atoms with van der Waals surface area (Å²) in [6.45, 7) is 2.46. The number of anilines is 2. The first-order chi connectivity index (χ1) is 11.3. The molecule has 1 aliphatic heterocycles. The molecule has 23 heavy (non-hydrogen) atoms. The Kier molecular flexibility index (Phi) is 3.51. The maximum atomic E-state index is 13.2. The Labute approximate surface area is 133 Å². The molecule has 1 aliphatic rings. The smallest absolute Gasteiger partial charge is 0.138 e. The number of halogens is 1. The number of aromatic nitrogens is 3. The summed E-state index contributed by atoms with van der Waals surface area (Å²) in [5.74, 6) is 1.64. The maximum Gasteiger partial charge on any atom is 0.138 e. The Bertz CT molecular complexity index is 811. The van der Waals surface area contributed by atoms with Gasteiger partial charge in [0.25, 0.3) is 0 Å². The average molecular weight is 309 g/mol. The topological polar surface area (TPSA) is 54.8 Å². The fraction of sp³-hybridized carbons (Fsp3) is 0.176. The van der Waals surface area contributed by atoms with Gasteiger partial charge < -0.3 is 15.2 Å². The predicted molar refractivity (Wildman–Crippen MR) is 86.8 cm³/mol. The minimum Gasteiger partial charge on any atom is -0.339 e. The van der Waals surface area contributed by atoms with Crippen LogP contribution in [-0.4, -0.2) is 21.1 Å². The van der Waals surface area contributed by atoms with E-state index in [2.05, 4.69) is 20.2 Å². The summed E-state index contributed by atoms with van der Waals surface area (Å²) in [6, 6.07) is 10.3. The highest BCUT2D eigenvalue weighted by molar-refractivity contribution is 5.76. The van der Waals surface area contributed by atoms with Gasteiger partial charge >= 0.3 is 0 Å². The lowest BCUT2D eigenvalue weighted by Gasteiger charge is -2.18. The van der Waals surface area contributed by atoms with Crippen LogP contribution in [0.1, 0.15) is 5.82 Å². The normalized spacial score (nSPS) is 13.6. The number of benzene rings is 1. The number of fused-ring (bicyclic) bond motifs is 1. The monoisotopic (exact) mass is 309 g/mol. The third kappa shape index (κ3) is 2.68. The molecule has 2 N–H and O–H groups in total. The van der Waals surface area contributed by atoms with Gasteiger partial charge in [-0.05, 0) is 36.4 Å². The molecule has 6 heteroatoms. The molecule has 2 aromatic heterocycles. The molecule has 0 radical (unpaired) electrons. The molecule has 1 aromatic carbocycles. The van der Waals surface area contributed by atoms with Gasteiger partial charge in [-0.1, -0.05) is 0 Å². The van der Waals surface area contributed by atoms with Crippen molar-refractivity contribution in [2.75, 3.05) is 11.9 Å². The average Bonchev–Trinajstić information content (AvgIpc) is 2.95. The lowest BCUT2D eigenvalue weighted by atomic mass is 10.1. The van der Waals surface area contributed by atoms with Gasteiger partial charge in [0.15, 0.2) is 0 Å². The van der Waals surface area contributed by atoms with Crippen molar-refractivity contribution in [3.8, 4) is 11.3 Å². The minimum absolute atomic E-state index is 0.249. The fourth-order valence-electron chi connectivity index (χ4n) is 2.78. The van der Waals surface area contributed by atoms with Gasteiger partial charge in [-0.25, -0.2) is 9.37 Å². The van der Waals surface area contributed by atoms with E-state index >= 15 is 0 Å². The highest BCUT2D eigenvalue weighted by Crippen LogP contribution is 2.32. The number of nitrogens with one attached hydrogen (secondary N) is 2. The van der Waals surface area contributed by atoms with Crippen LogP contribution in [0.3, 0.4) is 0 Å². The second-order valence-corrected chi connectivity index (χ2v) is 5.43. The summed E-state index contributed by atoms with van der Waals surface area (Å²) < 4.78 is 15.4. The summed E-state index contributed by atoms with van der Waals surface area (Å²) in [5.41, 5.74) is 2.62. The first-order valence-corrected chi connectivity index (χ1v) is 7.54. The quantitative estimate of drug-likeness (QED) is 0.781. The molecule has 4 rings (SSSR count). The molecule has 116 valence electrons. The highest BCUT2D eigenvalue weighted by atomic mass is 19.1. The SMILES string of the molecule is Fc1ccc(-c2nc3n(c2Nc2cccnc2)CCNC3)cc1. The van der Waals surface area contributed by atoms with E-state index in [1.54, 1.807) is 24.5 Å².